The zero-order chi connectivity index (χ0) is 15.5. The predicted octanol–water partition coefficient (Wildman–Crippen LogP) is 2.09. The quantitative estimate of drug-likeness (QED) is 0.834. The second-order valence-electron chi connectivity index (χ2n) is 5.63. The molecule has 1 atom stereocenters. The summed E-state index contributed by atoms with van der Waals surface area (Å²) in [6, 6.07) is 1.27. The van der Waals surface area contributed by atoms with Crippen LogP contribution in [0.25, 0.3) is 0 Å². The van der Waals surface area contributed by atoms with E-state index in [0.29, 0.717) is 38.6 Å². The number of halogens is 2. The second kappa shape index (κ2) is 6.79. The van der Waals surface area contributed by atoms with E-state index in [1.165, 1.54) is 12.3 Å². The van der Waals surface area contributed by atoms with Gasteiger partial charge in [-0.3, -0.25) is 4.79 Å². The zero-order valence-corrected chi connectivity index (χ0v) is 13.1. The molecule has 0 N–H and O–H groups in total. The lowest BCUT2D eigenvalue weighted by molar-refractivity contribution is -0.140. The highest BCUT2D eigenvalue weighted by Crippen LogP contribution is 2.22. The molecule has 0 aromatic carbocycles. The van der Waals surface area contributed by atoms with Gasteiger partial charge in [-0.15, -0.1) is 0 Å². The summed E-state index contributed by atoms with van der Waals surface area (Å²) in [5, 5.41) is 0.284. The van der Waals surface area contributed by atoms with Gasteiger partial charge in [-0.2, -0.15) is 0 Å². The minimum absolute atomic E-state index is 0.0592. The van der Waals surface area contributed by atoms with E-state index >= 15 is 0 Å². The van der Waals surface area contributed by atoms with Crippen molar-refractivity contribution in [1.29, 1.82) is 0 Å². The minimum Gasteiger partial charge on any atom is -0.368 e. The van der Waals surface area contributed by atoms with Gasteiger partial charge in [0.1, 0.15) is 6.10 Å². The number of nitrogens with zero attached hydrogens (tertiary/aromatic N) is 3. The van der Waals surface area contributed by atoms with Crippen molar-refractivity contribution in [2.24, 2.45) is 0 Å². The molecule has 3 heterocycles. The Kier molecular flexibility index (Phi) is 4.78. The van der Waals surface area contributed by atoms with Crippen molar-refractivity contribution >= 4 is 23.3 Å². The summed E-state index contributed by atoms with van der Waals surface area (Å²) in [7, 11) is 0. The van der Waals surface area contributed by atoms with E-state index in [1.807, 2.05) is 9.80 Å². The number of aromatic nitrogens is 1. The van der Waals surface area contributed by atoms with Crippen LogP contribution in [-0.4, -0.2) is 54.7 Å². The molecule has 2 aliphatic heterocycles. The first-order valence-corrected chi connectivity index (χ1v) is 7.99. The first-order valence-electron chi connectivity index (χ1n) is 7.61. The maximum atomic E-state index is 14.0. The Hall–Kier alpha value is -1.40. The molecular formula is C15H19ClFN3O2. The Morgan fingerprint density at radius 2 is 2.18 bits per heavy atom. The fourth-order valence-corrected chi connectivity index (χ4v) is 3.11. The number of hydrogen-bond donors (Lipinski definition) is 0. The van der Waals surface area contributed by atoms with Crippen LogP contribution in [0.3, 0.4) is 0 Å². The number of pyridine rings is 1. The second-order valence-corrected chi connectivity index (χ2v) is 6.06. The van der Waals surface area contributed by atoms with Gasteiger partial charge in [0.05, 0.1) is 5.02 Å². The summed E-state index contributed by atoms with van der Waals surface area (Å²) >= 11 is 5.74. The Balaban J connectivity index is 1.65. The summed E-state index contributed by atoms with van der Waals surface area (Å²) in [4.78, 5) is 20.2. The van der Waals surface area contributed by atoms with Gasteiger partial charge >= 0.3 is 0 Å². The minimum atomic E-state index is -0.425. The van der Waals surface area contributed by atoms with Crippen molar-refractivity contribution < 1.29 is 13.9 Å². The lowest BCUT2D eigenvalue weighted by Crippen LogP contribution is -2.41. The normalized spacial score (nSPS) is 22.7. The van der Waals surface area contributed by atoms with Gasteiger partial charge in [-0.1, -0.05) is 11.6 Å². The third-order valence-corrected chi connectivity index (χ3v) is 4.31. The topological polar surface area (TPSA) is 45.7 Å². The number of carbonyl (C=O) groups is 1. The van der Waals surface area contributed by atoms with E-state index in [1.54, 1.807) is 0 Å². The summed E-state index contributed by atoms with van der Waals surface area (Å²) in [5.41, 5.74) is 0. The van der Waals surface area contributed by atoms with Crippen molar-refractivity contribution in [3.63, 3.8) is 0 Å². The molecule has 3 rings (SSSR count). The Labute approximate surface area is 134 Å². The molecule has 0 saturated carbocycles. The lowest BCUT2D eigenvalue weighted by atomic mass is 10.2. The third kappa shape index (κ3) is 3.33. The van der Waals surface area contributed by atoms with Gasteiger partial charge in [0.2, 0.25) is 0 Å². The van der Waals surface area contributed by atoms with Crippen molar-refractivity contribution in [2.75, 3.05) is 37.7 Å². The average molecular weight is 328 g/mol. The smallest absolute Gasteiger partial charge is 0.251 e. The summed E-state index contributed by atoms with van der Waals surface area (Å²) in [6.07, 6.45) is 3.67. The molecule has 0 bridgehead atoms. The van der Waals surface area contributed by atoms with Crippen molar-refractivity contribution in [2.45, 2.75) is 25.4 Å². The molecule has 0 radical (unpaired) electrons. The maximum Gasteiger partial charge on any atom is 0.251 e. The summed E-state index contributed by atoms with van der Waals surface area (Å²) < 4.78 is 19.4. The van der Waals surface area contributed by atoms with Crippen LogP contribution >= 0.6 is 11.6 Å². The predicted molar refractivity (Wildman–Crippen MR) is 81.6 cm³/mol. The first-order chi connectivity index (χ1) is 10.6. The molecule has 1 aromatic rings. The van der Waals surface area contributed by atoms with Crippen LogP contribution in [0.15, 0.2) is 12.3 Å². The van der Waals surface area contributed by atoms with Crippen molar-refractivity contribution in [1.82, 2.24) is 9.88 Å². The number of rotatable bonds is 2. The first kappa shape index (κ1) is 15.5. The molecule has 7 heteroatoms. The number of ether oxygens (including phenoxy) is 1. The number of carbonyl (C=O) groups excluding carboxylic acids is 1. The van der Waals surface area contributed by atoms with Crippen LogP contribution in [0.4, 0.5) is 10.2 Å². The summed E-state index contributed by atoms with van der Waals surface area (Å²) in [5.74, 6) is -0.0638. The SMILES string of the molecule is O=C([C@@H]1CCCO1)N1CCCN(c2ncc(Cl)cc2F)CC1. The number of amides is 1. The third-order valence-electron chi connectivity index (χ3n) is 4.10. The van der Waals surface area contributed by atoms with Crippen LogP contribution in [-0.2, 0) is 9.53 Å². The van der Waals surface area contributed by atoms with Crippen LogP contribution < -0.4 is 4.90 Å². The molecule has 120 valence electrons. The van der Waals surface area contributed by atoms with Gasteiger partial charge < -0.3 is 14.5 Å². The van der Waals surface area contributed by atoms with Gasteiger partial charge in [-0.05, 0) is 25.3 Å². The molecule has 0 unspecified atom stereocenters. The Morgan fingerprint density at radius 1 is 1.32 bits per heavy atom. The number of hydrogen-bond acceptors (Lipinski definition) is 4. The van der Waals surface area contributed by atoms with E-state index in [9.17, 15) is 9.18 Å². The highest BCUT2D eigenvalue weighted by Gasteiger charge is 2.29. The fourth-order valence-electron chi connectivity index (χ4n) is 2.97. The number of anilines is 1. The van der Waals surface area contributed by atoms with Gasteiger partial charge in [-0.25, -0.2) is 9.37 Å². The van der Waals surface area contributed by atoms with E-state index in [0.717, 1.165) is 19.3 Å². The maximum absolute atomic E-state index is 14.0. The largest absolute Gasteiger partial charge is 0.368 e. The highest BCUT2D eigenvalue weighted by atomic mass is 35.5. The standard InChI is InChI=1S/C15H19ClFN3O2/c16-11-9-12(17)14(18-10-11)19-4-2-5-20(7-6-19)15(21)13-3-1-8-22-13/h9-10,13H,1-8H2/t13-/m0/s1. The molecule has 2 aliphatic rings. The lowest BCUT2D eigenvalue weighted by Gasteiger charge is -2.24. The van der Waals surface area contributed by atoms with Gasteiger partial charge in [0.25, 0.3) is 5.91 Å². The fraction of sp³-hybridized carbons (Fsp3) is 0.600. The monoisotopic (exact) mass is 327 g/mol. The zero-order valence-electron chi connectivity index (χ0n) is 12.3. The van der Waals surface area contributed by atoms with Crippen LogP contribution in [0, 0.1) is 5.82 Å². The molecular weight excluding hydrogens is 309 g/mol. The van der Waals surface area contributed by atoms with Crippen molar-refractivity contribution in [3.05, 3.63) is 23.1 Å². The van der Waals surface area contributed by atoms with Crippen LogP contribution in [0.2, 0.25) is 5.02 Å². The van der Waals surface area contributed by atoms with E-state index in [-0.39, 0.29) is 17.0 Å². The molecule has 5 nitrogen and oxygen atoms in total. The van der Waals surface area contributed by atoms with Gasteiger partial charge in [0, 0.05) is 39.0 Å². The summed E-state index contributed by atoms with van der Waals surface area (Å²) in [6.45, 7) is 3.12. The molecule has 2 fully saturated rings. The Bertz CT molecular complexity index is 552. The van der Waals surface area contributed by atoms with Crippen LogP contribution in [0.5, 0.6) is 0 Å². The molecule has 2 saturated heterocycles. The average Bonchev–Trinajstić information content (AvgIpc) is 2.92. The van der Waals surface area contributed by atoms with E-state index in [4.69, 9.17) is 16.3 Å². The van der Waals surface area contributed by atoms with E-state index in [2.05, 4.69) is 4.98 Å². The molecule has 1 aromatic heterocycles. The molecule has 1 amide bonds. The van der Waals surface area contributed by atoms with E-state index < -0.39 is 5.82 Å². The molecule has 22 heavy (non-hydrogen) atoms. The highest BCUT2D eigenvalue weighted by molar-refractivity contribution is 6.30. The molecule has 0 aliphatic carbocycles. The molecule has 0 spiro atoms. The Morgan fingerprint density at radius 3 is 2.91 bits per heavy atom. The van der Waals surface area contributed by atoms with Crippen molar-refractivity contribution in [3.8, 4) is 0 Å². The van der Waals surface area contributed by atoms with Gasteiger partial charge in [0.15, 0.2) is 11.6 Å². The van der Waals surface area contributed by atoms with Crippen LogP contribution in [0.1, 0.15) is 19.3 Å².